The highest BCUT2D eigenvalue weighted by atomic mass is 16.5. The number of carbonyl (C=O) groups is 2. The molecule has 1 aliphatic carbocycles. The topological polar surface area (TPSA) is 82.5 Å². The van der Waals surface area contributed by atoms with E-state index in [4.69, 9.17) is 5.41 Å². The Bertz CT molecular complexity index is 403. The van der Waals surface area contributed by atoms with Crippen molar-refractivity contribution >= 4 is 18.3 Å². The molecule has 0 aromatic rings. The summed E-state index contributed by atoms with van der Waals surface area (Å²) in [6.07, 6.45) is 9.44. The van der Waals surface area contributed by atoms with Gasteiger partial charge in [-0.3, -0.25) is 15.1 Å². The molecule has 0 aromatic carbocycles. The minimum atomic E-state index is -0.432. The molecule has 0 bridgehead atoms. The third kappa shape index (κ3) is 11.2. The minimum Gasteiger partial charge on any atom is -0.447 e. The Morgan fingerprint density at radius 1 is 1.48 bits per heavy atom. The summed E-state index contributed by atoms with van der Waals surface area (Å²) < 4.78 is 4.33. The number of amides is 2. The first-order valence-corrected chi connectivity index (χ1v) is 7.61. The molecular formula is C17H31N3O3. The van der Waals surface area contributed by atoms with Gasteiger partial charge in [-0.25, -0.2) is 4.79 Å². The van der Waals surface area contributed by atoms with E-state index in [1.54, 1.807) is 0 Å². The van der Waals surface area contributed by atoms with Gasteiger partial charge in [-0.1, -0.05) is 34.6 Å². The predicted octanol–water partition coefficient (Wildman–Crippen LogP) is 3.08. The molecule has 0 spiro atoms. The minimum absolute atomic E-state index is 0.160. The first-order chi connectivity index (χ1) is 10.6. The number of ether oxygens (including phenoxy) is 1. The summed E-state index contributed by atoms with van der Waals surface area (Å²) in [4.78, 5) is 22.6. The van der Waals surface area contributed by atoms with Crippen LogP contribution in [-0.2, 0) is 9.53 Å². The summed E-state index contributed by atoms with van der Waals surface area (Å²) in [7, 11) is 0. The second-order valence-corrected chi connectivity index (χ2v) is 6.57. The first kappa shape index (κ1) is 23.2. The standard InChI is InChI=1S/C9H17N3O3.C6H12.C2H2/c1-7(2)4-12(8(3)10)9(14)11-5-15-6-13;1-5-4-6(5,2)3;1-2/h6-7,10H,4-5H2,1-3H3,(H,11,14);5H,4H2,1-3H3;1-2H. The highest BCUT2D eigenvalue weighted by molar-refractivity contribution is 5.94. The van der Waals surface area contributed by atoms with Gasteiger partial charge in [-0.05, 0) is 30.6 Å². The lowest BCUT2D eigenvalue weighted by Gasteiger charge is -2.23. The number of hydrogen-bond donors (Lipinski definition) is 2. The lowest BCUT2D eigenvalue weighted by molar-refractivity contribution is -0.129. The molecule has 2 amide bonds. The maximum Gasteiger partial charge on any atom is 0.325 e. The van der Waals surface area contributed by atoms with E-state index in [0.717, 1.165) is 5.92 Å². The lowest BCUT2D eigenvalue weighted by atomic mass is 10.1. The molecule has 1 aliphatic rings. The van der Waals surface area contributed by atoms with Gasteiger partial charge in [0.25, 0.3) is 6.47 Å². The van der Waals surface area contributed by atoms with E-state index >= 15 is 0 Å². The van der Waals surface area contributed by atoms with E-state index in [9.17, 15) is 9.59 Å². The third-order valence-corrected chi connectivity index (χ3v) is 3.58. The van der Waals surface area contributed by atoms with Gasteiger partial charge in [0.2, 0.25) is 0 Å². The Labute approximate surface area is 140 Å². The maximum atomic E-state index is 11.5. The van der Waals surface area contributed by atoms with Crippen LogP contribution in [0.5, 0.6) is 0 Å². The zero-order valence-corrected chi connectivity index (χ0v) is 15.2. The number of rotatable bonds is 5. The van der Waals surface area contributed by atoms with E-state index in [-0.39, 0.29) is 25.0 Å². The van der Waals surface area contributed by atoms with E-state index in [1.807, 2.05) is 13.8 Å². The van der Waals surface area contributed by atoms with Gasteiger partial charge in [0.05, 0.1) is 0 Å². The van der Waals surface area contributed by atoms with Crippen molar-refractivity contribution in [3.63, 3.8) is 0 Å². The summed E-state index contributed by atoms with van der Waals surface area (Å²) in [6, 6.07) is -0.432. The first-order valence-electron chi connectivity index (χ1n) is 7.61. The molecule has 0 saturated heterocycles. The van der Waals surface area contributed by atoms with Gasteiger partial charge in [-0.2, -0.15) is 0 Å². The monoisotopic (exact) mass is 325 g/mol. The van der Waals surface area contributed by atoms with E-state index in [0.29, 0.717) is 12.0 Å². The second-order valence-electron chi connectivity index (χ2n) is 6.57. The Kier molecular flexibility index (Phi) is 11.6. The summed E-state index contributed by atoms with van der Waals surface area (Å²) in [5, 5.41) is 9.77. The Morgan fingerprint density at radius 3 is 2.17 bits per heavy atom. The fourth-order valence-corrected chi connectivity index (χ4v) is 1.70. The predicted molar refractivity (Wildman–Crippen MR) is 92.9 cm³/mol. The molecule has 1 atom stereocenters. The highest BCUT2D eigenvalue weighted by Gasteiger charge is 2.41. The molecule has 1 rings (SSSR count). The second kappa shape index (κ2) is 11.5. The van der Waals surface area contributed by atoms with Crippen molar-refractivity contribution in [2.45, 2.75) is 48.0 Å². The third-order valence-electron chi connectivity index (χ3n) is 3.58. The van der Waals surface area contributed by atoms with Gasteiger partial charge < -0.3 is 10.1 Å². The average Bonchev–Trinajstić information content (AvgIpc) is 3.02. The fraction of sp³-hybridized carbons (Fsp3) is 0.706. The molecule has 1 unspecified atom stereocenters. The quantitative estimate of drug-likeness (QED) is 0.203. The summed E-state index contributed by atoms with van der Waals surface area (Å²) >= 11 is 0. The van der Waals surface area contributed by atoms with Crippen LogP contribution in [-0.4, -0.2) is 36.5 Å². The van der Waals surface area contributed by atoms with Crippen molar-refractivity contribution < 1.29 is 14.3 Å². The van der Waals surface area contributed by atoms with E-state index in [2.05, 4.69) is 43.7 Å². The molecule has 0 aliphatic heterocycles. The number of nitrogens with one attached hydrogen (secondary N) is 2. The van der Waals surface area contributed by atoms with E-state index in [1.165, 1.54) is 18.2 Å². The number of terminal acetylenes is 1. The molecule has 23 heavy (non-hydrogen) atoms. The van der Waals surface area contributed by atoms with Gasteiger partial charge >= 0.3 is 6.03 Å². The smallest absolute Gasteiger partial charge is 0.325 e. The zero-order chi connectivity index (χ0) is 18.6. The van der Waals surface area contributed by atoms with Crippen LogP contribution < -0.4 is 5.32 Å². The lowest BCUT2D eigenvalue weighted by Crippen LogP contribution is -2.44. The van der Waals surface area contributed by atoms with Crippen LogP contribution in [0.3, 0.4) is 0 Å². The molecule has 132 valence electrons. The average molecular weight is 325 g/mol. The molecule has 6 nitrogen and oxygen atoms in total. The molecule has 1 fully saturated rings. The molecule has 0 radical (unpaired) electrons. The van der Waals surface area contributed by atoms with E-state index < -0.39 is 6.03 Å². The van der Waals surface area contributed by atoms with Crippen molar-refractivity contribution in [3.8, 4) is 12.8 Å². The number of hydrogen-bond acceptors (Lipinski definition) is 4. The van der Waals surface area contributed by atoms with Gasteiger partial charge in [0, 0.05) is 6.54 Å². The van der Waals surface area contributed by atoms with Crippen LogP contribution in [0.25, 0.3) is 0 Å². The Morgan fingerprint density at radius 2 is 1.91 bits per heavy atom. The highest BCUT2D eigenvalue weighted by Crippen LogP contribution is 2.50. The van der Waals surface area contributed by atoms with Gasteiger partial charge in [0.1, 0.15) is 5.84 Å². The maximum absolute atomic E-state index is 11.5. The van der Waals surface area contributed by atoms with Crippen LogP contribution in [0.2, 0.25) is 0 Å². The van der Waals surface area contributed by atoms with Crippen molar-refractivity contribution in [1.82, 2.24) is 10.2 Å². The van der Waals surface area contributed by atoms with Crippen molar-refractivity contribution in [1.29, 1.82) is 5.41 Å². The van der Waals surface area contributed by atoms with Crippen LogP contribution in [0.4, 0.5) is 4.79 Å². The van der Waals surface area contributed by atoms with Crippen molar-refractivity contribution in [2.75, 3.05) is 13.3 Å². The molecule has 0 heterocycles. The number of urea groups is 1. The molecular weight excluding hydrogens is 294 g/mol. The van der Waals surface area contributed by atoms with Crippen LogP contribution in [0.1, 0.15) is 48.0 Å². The van der Waals surface area contributed by atoms with Gasteiger partial charge in [-0.15, -0.1) is 12.8 Å². The molecule has 6 heteroatoms. The summed E-state index contributed by atoms with van der Waals surface area (Å²) in [5.74, 6) is 1.42. The van der Waals surface area contributed by atoms with Crippen molar-refractivity contribution in [2.24, 2.45) is 17.3 Å². The summed E-state index contributed by atoms with van der Waals surface area (Å²) in [6.45, 7) is 12.9. The number of carbonyl (C=O) groups excluding carboxylic acids is 2. The Balaban J connectivity index is 0. The largest absolute Gasteiger partial charge is 0.447 e. The van der Waals surface area contributed by atoms with Crippen LogP contribution >= 0.6 is 0 Å². The number of amidine groups is 1. The number of nitrogens with zero attached hydrogens (tertiary/aromatic N) is 1. The zero-order valence-electron chi connectivity index (χ0n) is 15.2. The summed E-state index contributed by atoms with van der Waals surface area (Å²) in [5.41, 5.74) is 0.708. The Hall–Kier alpha value is -2.03. The SMILES string of the molecule is C#C.CC(=N)N(CC(C)C)C(=O)NCOC=O.CC1CC1(C)C. The molecule has 1 saturated carbocycles. The van der Waals surface area contributed by atoms with Crippen LogP contribution in [0, 0.1) is 35.5 Å². The van der Waals surface area contributed by atoms with Gasteiger partial charge in [0.15, 0.2) is 6.73 Å². The fourth-order valence-electron chi connectivity index (χ4n) is 1.70. The van der Waals surface area contributed by atoms with Crippen LogP contribution in [0.15, 0.2) is 0 Å². The molecule has 0 aromatic heterocycles. The normalized spacial score (nSPS) is 16.7. The molecule has 2 N–H and O–H groups in total. The van der Waals surface area contributed by atoms with Crippen molar-refractivity contribution in [3.05, 3.63) is 0 Å².